The smallest absolute Gasteiger partial charge is 0.306 e. The van der Waals surface area contributed by atoms with Gasteiger partial charge in [0.1, 0.15) is 11.5 Å². The van der Waals surface area contributed by atoms with Gasteiger partial charge in [0.25, 0.3) is 5.91 Å². The molecule has 1 heterocycles. The van der Waals surface area contributed by atoms with Crippen molar-refractivity contribution in [3.63, 3.8) is 0 Å². The van der Waals surface area contributed by atoms with Crippen molar-refractivity contribution in [2.45, 2.75) is 25.5 Å². The summed E-state index contributed by atoms with van der Waals surface area (Å²) < 4.78 is 38.3. The summed E-state index contributed by atoms with van der Waals surface area (Å²) in [4.78, 5) is 14.9. The van der Waals surface area contributed by atoms with Crippen LogP contribution in [0.25, 0.3) is 0 Å². The second-order valence-electron chi connectivity index (χ2n) is 6.98. The van der Waals surface area contributed by atoms with Crippen LogP contribution in [0.4, 0.5) is 0 Å². The highest BCUT2D eigenvalue weighted by atomic mass is 32.2. The van der Waals surface area contributed by atoms with Crippen molar-refractivity contribution in [2.75, 3.05) is 26.5 Å². The molecule has 0 bridgehead atoms. The molecule has 29 heavy (non-hydrogen) atoms. The normalized spacial score (nSPS) is 16.4. The second kappa shape index (κ2) is 9.28. The SMILES string of the molecule is COc1cccc(C(=O)N(Cc2ccc(OS(C)(=O)=O)cc2)C[C@@H]2CCCO2)c1. The van der Waals surface area contributed by atoms with Crippen molar-refractivity contribution >= 4 is 16.0 Å². The molecule has 156 valence electrons. The maximum atomic E-state index is 13.2. The van der Waals surface area contributed by atoms with Crippen LogP contribution in [0, 0.1) is 0 Å². The lowest BCUT2D eigenvalue weighted by Gasteiger charge is -2.26. The molecule has 0 N–H and O–H groups in total. The average molecular weight is 419 g/mol. The fourth-order valence-corrected chi connectivity index (χ4v) is 3.70. The van der Waals surface area contributed by atoms with Gasteiger partial charge in [0, 0.05) is 25.3 Å². The van der Waals surface area contributed by atoms with Crippen molar-refractivity contribution in [3.8, 4) is 11.5 Å². The van der Waals surface area contributed by atoms with E-state index in [1.807, 2.05) is 0 Å². The van der Waals surface area contributed by atoms with E-state index >= 15 is 0 Å². The maximum absolute atomic E-state index is 13.2. The predicted molar refractivity (Wildman–Crippen MR) is 109 cm³/mol. The summed E-state index contributed by atoms with van der Waals surface area (Å²) in [5.41, 5.74) is 1.40. The van der Waals surface area contributed by atoms with Gasteiger partial charge in [0.05, 0.1) is 19.5 Å². The molecule has 0 unspecified atom stereocenters. The highest BCUT2D eigenvalue weighted by molar-refractivity contribution is 7.86. The zero-order valence-electron chi connectivity index (χ0n) is 16.5. The van der Waals surface area contributed by atoms with Crippen LogP contribution in [0.15, 0.2) is 48.5 Å². The van der Waals surface area contributed by atoms with Crippen molar-refractivity contribution in [1.29, 1.82) is 0 Å². The Kier molecular flexibility index (Phi) is 6.76. The largest absolute Gasteiger partial charge is 0.497 e. The van der Waals surface area contributed by atoms with E-state index in [9.17, 15) is 13.2 Å². The number of carbonyl (C=O) groups excluding carboxylic acids is 1. The summed E-state index contributed by atoms with van der Waals surface area (Å²) in [7, 11) is -2.01. The molecule has 0 saturated carbocycles. The molecule has 1 saturated heterocycles. The van der Waals surface area contributed by atoms with Crippen molar-refractivity contribution < 1.29 is 26.9 Å². The highest BCUT2D eigenvalue weighted by Crippen LogP contribution is 2.21. The van der Waals surface area contributed by atoms with Gasteiger partial charge in [-0.3, -0.25) is 4.79 Å². The topological polar surface area (TPSA) is 82.1 Å². The first kappa shape index (κ1) is 21.1. The van der Waals surface area contributed by atoms with E-state index in [1.165, 1.54) is 0 Å². The molecule has 1 aliphatic rings. The van der Waals surface area contributed by atoms with E-state index in [-0.39, 0.29) is 17.8 Å². The molecule has 1 atom stereocenters. The van der Waals surface area contributed by atoms with Crippen LogP contribution in [0.2, 0.25) is 0 Å². The number of hydrogen-bond donors (Lipinski definition) is 0. The van der Waals surface area contributed by atoms with E-state index in [4.69, 9.17) is 13.7 Å². The molecule has 0 aromatic heterocycles. The van der Waals surface area contributed by atoms with Gasteiger partial charge in [-0.15, -0.1) is 0 Å². The molecule has 0 aliphatic carbocycles. The number of amides is 1. The van der Waals surface area contributed by atoms with E-state index in [2.05, 4.69) is 0 Å². The third-order valence-corrected chi connectivity index (χ3v) is 5.09. The first-order valence-corrected chi connectivity index (χ1v) is 11.2. The van der Waals surface area contributed by atoms with Crippen LogP contribution in [0.3, 0.4) is 0 Å². The lowest BCUT2D eigenvalue weighted by Crippen LogP contribution is -2.37. The third kappa shape index (κ3) is 6.20. The third-order valence-electron chi connectivity index (χ3n) is 4.60. The fourth-order valence-electron chi connectivity index (χ4n) is 3.24. The minimum Gasteiger partial charge on any atom is -0.497 e. The van der Waals surface area contributed by atoms with Crippen molar-refractivity contribution in [3.05, 3.63) is 59.7 Å². The Labute approximate surface area is 171 Å². The quantitative estimate of drug-likeness (QED) is 0.612. The molecule has 1 amide bonds. The van der Waals surface area contributed by atoms with Gasteiger partial charge in [-0.2, -0.15) is 8.42 Å². The standard InChI is InChI=1S/C21H25NO6S/c1-26-19-6-3-5-17(13-19)21(23)22(15-20-7-4-12-27-20)14-16-8-10-18(11-9-16)28-29(2,24)25/h3,5-6,8-11,13,20H,4,7,12,14-15H2,1-2H3/t20-/m0/s1. The van der Waals surface area contributed by atoms with Crippen LogP contribution in [-0.4, -0.2) is 51.8 Å². The molecule has 7 nitrogen and oxygen atoms in total. The molecule has 1 aliphatic heterocycles. The number of benzene rings is 2. The summed E-state index contributed by atoms with van der Waals surface area (Å²) in [6.45, 7) is 1.57. The molecule has 1 fully saturated rings. The zero-order chi connectivity index (χ0) is 20.9. The lowest BCUT2D eigenvalue weighted by atomic mass is 10.1. The maximum Gasteiger partial charge on any atom is 0.306 e. The first-order valence-electron chi connectivity index (χ1n) is 9.37. The molecular formula is C21H25NO6S. The van der Waals surface area contributed by atoms with E-state index in [0.717, 1.165) is 24.7 Å². The molecular weight excluding hydrogens is 394 g/mol. The Hall–Kier alpha value is -2.58. The molecule has 0 spiro atoms. The molecule has 3 rings (SSSR count). The number of hydrogen-bond acceptors (Lipinski definition) is 6. The van der Waals surface area contributed by atoms with E-state index < -0.39 is 10.1 Å². The predicted octanol–water partition coefficient (Wildman–Crippen LogP) is 2.86. The lowest BCUT2D eigenvalue weighted by molar-refractivity contribution is 0.0507. The van der Waals surface area contributed by atoms with Gasteiger partial charge in [0.15, 0.2) is 0 Å². The Morgan fingerprint density at radius 1 is 1.17 bits per heavy atom. The van der Waals surface area contributed by atoms with Gasteiger partial charge >= 0.3 is 10.1 Å². The number of carbonyl (C=O) groups is 1. The fraction of sp³-hybridized carbons (Fsp3) is 0.381. The number of nitrogens with zero attached hydrogens (tertiary/aromatic N) is 1. The van der Waals surface area contributed by atoms with Gasteiger partial charge in [0.2, 0.25) is 0 Å². The molecule has 2 aromatic rings. The summed E-state index contributed by atoms with van der Waals surface area (Å²) in [6.07, 6.45) is 2.92. The Morgan fingerprint density at radius 2 is 1.93 bits per heavy atom. The number of rotatable bonds is 8. The van der Waals surface area contributed by atoms with Gasteiger partial charge in [-0.1, -0.05) is 18.2 Å². The average Bonchev–Trinajstić information content (AvgIpc) is 3.20. The van der Waals surface area contributed by atoms with E-state index in [0.29, 0.717) is 31.0 Å². The minimum absolute atomic E-state index is 0.0115. The summed E-state index contributed by atoms with van der Waals surface area (Å²) in [5.74, 6) is 0.743. The van der Waals surface area contributed by atoms with Crippen LogP contribution >= 0.6 is 0 Å². The monoisotopic (exact) mass is 419 g/mol. The molecule has 8 heteroatoms. The Bertz CT molecular complexity index is 936. The Balaban J connectivity index is 1.78. The van der Waals surface area contributed by atoms with Crippen molar-refractivity contribution in [2.24, 2.45) is 0 Å². The number of ether oxygens (including phenoxy) is 2. The van der Waals surface area contributed by atoms with Crippen LogP contribution < -0.4 is 8.92 Å². The minimum atomic E-state index is -3.58. The highest BCUT2D eigenvalue weighted by Gasteiger charge is 2.24. The molecule has 2 aromatic carbocycles. The van der Waals surface area contributed by atoms with Crippen LogP contribution in [0.1, 0.15) is 28.8 Å². The molecule has 0 radical (unpaired) electrons. The summed E-state index contributed by atoms with van der Waals surface area (Å²) in [5, 5.41) is 0. The number of methoxy groups -OCH3 is 1. The van der Waals surface area contributed by atoms with Gasteiger partial charge in [-0.05, 0) is 48.7 Å². The van der Waals surface area contributed by atoms with Crippen LogP contribution in [-0.2, 0) is 21.4 Å². The summed E-state index contributed by atoms with van der Waals surface area (Å²) >= 11 is 0. The van der Waals surface area contributed by atoms with E-state index in [1.54, 1.807) is 60.5 Å². The summed E-state index contributed by atoms with van der Waals surface area (Å²) in [6, 6.07) is 13.7. The first-order chi connectivity index (χ1) is 13.8. The zero-order valence-corrected chi connectivity index (χ0v) is 17.4. The Morgan fingerprint density at radius 3 is 2.55 bits per heavy atom. The van der Waals surface area contributed by atoms with Crippen LogP contribution in [0.5, 0.6) is 11.5 Å². The van der Waals surface area contributed by atoms with Crippen molar-refractivity contribution in [1.82, 2.24) is 4.90 Å². The second-order valence-corrected chi connectivity index (χ2v) is 8.56. The van der Waals surface area contributed by atoms with Gasteiger partial charge < -0.3 is 18.6 Å². The van der Waals surface area contributed by atoms with Gasteiger partial charge in [-0.25, -0.2) is 0 Å².